The molecule has 6 heteroatoms. The molecule has 180 valence electrons. The van der Waals surface area contributed by atoms with Crippen molar-refractivity contribution in [1.82, 2.24) is 0 Å². The highest BCUT2D eigenvalue weighted by molar-refractivity contribution is 6.30. The van der Waals surface area contributed by atoms with Crippen molar-refractivity contribution >= 4 is 17.6 Å². The zero-order valence-electron chi connectivity index (χ0n) is 20.1. The zero-order chi connectivity index (χ0) is 22.9. The number of nitrogens with zero attached hydrogens (tertiary/aromatic N) is 1. The number of para-hydroxylation sites is 1. The van der Waals surface area contributed by atoms with Gasteiger partial charge in [-0.3, -0.25) is 9.28 Å². The molecule has 0 bridgehead atoms. The Kier molecular flexibility index (Phi) is 8.39. The maximum atomic E-state index is 13.1. The van der Waals surface area contributed by atoms with Crippen molar-refractivity contribution in [1.29, 1.82) is 0 Å². The number of quaternary nitrogens is 1. The summed E-state index contributed by atoms with van der Waals surface area (Å²) in [7, 11) is 2.20. The maximum Gasteiger partial charge on any atom is 0.316 e. The molecule has 3 atom stereocenters. The van der Waals surface area contributed by atoms with Crippen LogP contribution in [0.4, 0.5) is 0 Å². The molecule has 33 heavy (non-hydrogen) atoms. The minimum absolute atomic E-state index is 0. The summed E-state index contributed by atoms with van der Waals surface area (Å²) in [5.41, 5.74) is 1.97. The number of hydrogen-bond donors (Lipinski definition) is 0. The van der Waals surface area contributed by atoms with E-state index in [9.17, 15) is 4.79 Å². The molecule has 0 N–H and O–H groups in total. The number of halogens is 2. The lowest BCUT2D eigenvalue weighted by atomic mass is 9.81. The Morgan fingerprint density at radius 1 is 1.06 bits per heavy atom. The van der Waals surface area contributed by atoms with Crippen LogP contribution in [0.3, 0.4) is 0 Å². The lowest BCUT2D eigenvalue weighted by Gasteiger charge is -2.32. The average molecular weight is 584 g/mol. The summed E-state index contributed by atoms with van der Waals surface area (Å²) in [5, 5.41) is 0.722. The van der Waals surface area contributed by atoms with Crippen molar-refractivity contribution < 1.29 is 42.7 Å². The molecule has 2 aromatic carbocycles. The van der Waals surface area contributed by atoms with E-state index in [0.29, 0.717) is 11.2 Å². The summed E-state index contributed by atoms with van der Waals surface area (Å²) in [5.74, 6) is 2.27. The SMILES string of the molecule is CCCC(C)(CCC)C(=O)OC[N+]1(C)CC2c3ccccc3Oc3ccc(Cl)cc3C2C1.[I-]. The van der Waals surface area contributed by atoms with E-state index in [0.717, 1.165) is 60.9 Å². The third-order valence-electron chi connectivity index (χ3n) is 7.27. The Morgan fingerprint density at radius 3 is 2.33 bits per heavy atom. The number of benzene rings is 2. The Labute approximate surface area is 220 Å². The molecular weight excluding hydrogens is 549 g/mol. The minimum atomic E-state index is -0.396. The number of carbonyl (C=O) groups is 1. The quantitative estimate of drug-likeness (QED) is 0.282. The van der Waals surface area contributed by atoms with Gasteiger partial charge < -0.3 is 33.5 Å². The molecule has 2 heterocycles. The molecule has 1 saturated heterocycles. The van der Waals surface area contributed by atoms with E-state index in [1.165, 1.54) is 5.56 Å². The van der Waals surface area contributed by atoms with Crippen LogP contribution in [0.15, 0.2) is 42.5 Å². The van der Waals surface area contributed by atoms with Crippen LogP contribution in [-0.2, 0) is 9.53 Å². The molecule has 0 radical (unpaired) electrons. The van der Waals surface area contributed by atoms with E-state index in [1.807, 2.05) is 30.3 Å². The van der Waals surface area contributed by atoms with Gasteiger partial charge in [0.2, 0.25) is 6.73 Å². The first-order valence-corrected chi connectivity index (χ1v) is 12.2. The highest BCUT2D eigenvalue weighted by Crippen LogP contribution is 2.51. The van der Waals surface area contributed by atoms with Gasteiger partial charge in [-0.2, -0.15) is 0 Å². The van der Waals surface area contributed by atoms with E-state index in [-0.39, 0.29) is 41.8 Å². The lowest BCUT2D eigenvalue weighted by molar-refractivity contribution is -0.915. The molecule has 0 saturated carbocycles. The summed E-state index contributed by atoms with van der Waals surface area (Å²) < 4.78 is 13.0. The molecular formula is C27H35ClINO3. The van der Waals surface area contributed by atoms with Gasteiger partial charge in [-0.25, -0.2) is 0 Å². The van der Waals surface area contributed by atoms with Crippen molar-refractivity contribution in [2.24, 2.45) is 5.41 Å². The normalized spacial score (nSPS) is 23.3. The summed E-state index contributed by atoms with van der Waals surface area (Å²) in [6.07, 6.45) is 3.70. The smallest absolute Gasteiger partial charge is 0.316 e. The van der Waals surface area contributed by atoms with E-state index < -0.39 is 5.41 Å². The van der Waals surface area contributed by atoms with E-state index >= 15 is 0 Å². The van der Waals surface area contributed by atoms with Gasteiger partial charge in [-0.1, -0.05) is 56.5 Å². The van der Waals surface area contributed by atoms with E-state index in [4.69, 9.17) is 21.1 Å². The number of ether oxygens (including phenoxy) is 2. The van der Waals surface area contributed by atoms with Gasteiger partial charge in [0.25, 0.3) is 0 Å². The molecule has 0 amide bonds. The number of hydrogen-bond acceptors (Lipinski definition) is 3. The van der Waals surface area contributed by atoms with Crippen LogP contribution < -0.4 is 28.7 Å². The number of rotatable bonds is 7. The third kappa shape index (κ3) is 5.35. The Morgan fingerprint density at radius 2 is 1.67 bits per heavy atom. The van der Waals surface area contributed by atoms with Gasteiger partial charge >= 0.3 is 5.97 Å². The number of likely N-dealkylation sites (tertiary alicyclic amines) is 1. The molecule has 3 unspecified atom stereocenters. The van der Waals surface area contributed by atoms with Gasteiger partial charge in [0.15, 0.2) is 0 Å². The summed E-state index contributed by atoms with van der Waals surface area (Å²) >= 11 is 6.38. The predicted molar refractivity (Wildman–Crippen MR) is 128 cm³/mol. The van der Waals surface area contributed by atoms with Gasteiger partial charge in [-0.15, -0.1) is 0 Å². The van der Waals surface area contributed by atoms with E-state index in [2.05, 4.69) is 40.0 Å². The van der Waals surface area contributed by atoms with Crippen LogP contribution >= 0.6 is 11.6 Å². The fraction of sp³-hybridized carbons (Fsp3) is 0.519. The molecule has 0 aromatic heterocycles. The average Bonchev–Trinajstić information content (AvgIpc) is 3.06. The molecule has 2 aliphatic rings. The van der Waals surface area contributed by atoms with Crippen molar-refractivity contribution in [3.63, 3.8) is 0 Å². The number of fused-ring (bicyclic) bond motifs is 5. The van der Waals surface area contributed by atoms with Crippen LogP contribution in [0.1, 0.15) is 69.4 Å². The molecule has 0 spiro atoms. The molecule has 2 aliphatic heterocycles. The maximum absolute atomic E-state index is 13.1. The second kappa shape index (κ2) is 10.5. The van der Waals surface area contributed by atoms with Crippen molar-refractivity contribution in [2.75, 3.05) is 26.9 Å². The summed E-state index contributed by atoms with van der Waals surface area (Å²) in [4.78, 5) is 13.1. The van der Waals surface area contributed by atoms with Gasteiger partial charge in [-0.05, 0) is 44.0 Å². The van der Waals surface area contributed by atoms with Gasteiger partial charge in [0.05, 0.1) is 25.6 Å². The van der Waals surface area contributed by atoms with E-state index in [1.54, 1.807) is 0 Å². The monoisotopic (exact) mass is 583 g/mol. The largest absolute Gasteiger partial charge is 1.00 e. The molecule has 2 aromatic rings. The van der Waals surface area contributed by atoms with Crippen molar-refractivity contribution in [2.45, 2.75) is 58.3 Å². The van der Waals surface area contributed by atoms with Crippen LogP contribution in [-0.4, -0.2) is 37.3 Å². The number of likely N-dealkylation sites (N-methyl/N-ethyl adjacent to an activating group) is 1. The third-order valence-corrected chi connectivity index (χ3v) is 7.51. The first-order chi connectivity index (χ1) is 15.3. The summed E-state index contributed by atoms with van der Waals surface area (Å²) in [6, 6.07) is 14.2. The van der Waals surface area contributed by atoms with Gasteiger partial charge in [0.1, 0.15) is 11.5 Å². The first kappa shape index (κ1) is 26.3. The minimum Gasteiger partial charge on any atom is -1.00 e. The second-order valence-corrected chi connectivity index (χ2v) is 10.6. The summed E-state index contributed by atoms with van der Waals surface area (Å²) in [6.45, 7) is 8.48. The molecule has 4 rings (SSSR count). The van der Waals surface area contributed by atoms with Crippen LogP contribution in [0.2, 0.25) is 5.02 Å². The number of esters is 1. The highest BCUT2D eigenvalue weighted by Gasteiger charge is 2.48. The first-order valence-electron chi connectivity index (χ1n) is 11.9. The highest BCUT2D eigenvalue weighted by atomic mass is 127. The van der Waals surface area contributed by atoms with Crippen molar-refractivity contribution in [3.05, 3.63) is 58.6 Å². The second-order valence-electron chi connectivity index (χ2n) is 10.1. The zero-order valence-corrected chi connectivity index (χ0v) is 23.0. The fourth-order valence-electron chi connectivity index (χ4n) is 5.74. The standard InChI is InChI=1S/C27H35ClNO3.HI/c1-5-13-27(3,14-6-2)26(30)31-18-29(4)16-22-20-9-7-8-10-24(20)32-25-12-11-19(28)15-21(25)23(22)17-29;/h7-12,15,22-23H,5-6,13-14,16-18H2,1-4H3;1H/q+1;/p-1. The Balaban J connectivity index is 0.00000306. The molecule has 0 aliphatic carbocycles. The topological polar surface area (TPSA) is 35.5 Å². The van der Waals surface area contributed by atoms with Crippen LogP contribution in [0, 0.1) is 5.41 Å². The lowest BCUT2D eigenvalue weighted by Crippen LogP contribution is -3.00. The fourth-order valence-corrected chi connectivity index (χ4v) is 5.92. The molecule has 1 fully saturated rings. The Bertz CT molecular complexity index is 991. The van der Waals surface area contributed by atoms with Crippen LogP contribution in [0.25, 0.3) is 0 Å². The Hall–Kier alpha value is -1.31. The number of carbonyl (C=O) groups excluding carboxylic acids is 1. The predicted octanol–water partition coefficient (Wildman–Crippen LogP) is 3.88. The van der Waals surface area contributed by atoms with Crippen LogP contribution in [0.5, 0.6) is 11.5 Å². The molecule has 4 nitrogen and oxygen atoms in total. The van der Waals surface area contributed by atoms with Crippen molar-refractivity contribution in [3.8, 4) is 11.5 Å². The van der Waals surface area contributed by atoms with Gasteiger partial charge in [0, 0.05) is 28.0 Å².